The lowest BCUT2D eigenvalue weighted by atomic mass is 9.82. The van der Waals surface area contributed by atoms with Gasteiger partial charge >= 0.3 is 0 Å². The zero-order valence-corrected chi connectivity index (χ0v) is 9.74. The van der Waals surface area contributed by atoms with Crippen LogP contribution in [0.5, 0.6) is 0 Å². The normalized spacial score (nSPS) is 39.6. The van der Waals surface area contributed by atoms with Gasteiger partial charge in [-0.25, -0.2) is 0 Å². The summed E-state index contributed by atoms with van der Waals surface area (Å²) in [5.74, 6) is -0.133. The van der Waals surface area contributed by atoms with Crippen LogP contribution >= 0.6 is 0 Å². The van der Waals surface area contributed by atoms with Crippen molar-refractivity contribution in [1.82, 2.24) is 10.2 Å². The average Bonchev–Trinajstić information content (AvgIpc) is 2.94. The van der Waals surface area contributed by atoms with Crippen LogP contribution in [0.2, 0.25) is 0 Å². The number of rotatable bonds is 3. The maximum absolute atomic E-state index is 11.8. The van der Waals surface area contributed by atoms with E-state index in [0.717, 1.165) is 19.4 Å². The summed E-state index contributed by atoms with van der Waals surface area (Å²) in [6, 6.07) is 1.15. The van der Waals surface area contributed by atoms with E-state index in [0.29, 0.717) is 12.1 Å². The van der Waals surface area contributed by atoms with E-state index >= 15 is 0 Å². The molecule has 0 bridgehead atoms. The molecule has 3 aliphatic rings. The van der Waals surface area contributed by atoms with Crippen molar-refractivity contribution in [1.29, 1.82) is 0 Å². The van der Waals surface area contributed by atoms with E-state index in [1.54, 1.807) is 0 Å². The largest absolute Gasteiger partial charge is 0.368 e. The molecular weight excluding hydrogens is 202 g/mol. The van der Waals surface area contributed by atoms with Crippen LogP contribution in [-0.2, 0) is 4.79 Å². The first-order chi connectivity index (χ1) is 7.70. The van der Waals surface area contributed by atoms with E-state index in [9.17, 15) is 4.79 Å². The molecule has 0 aromatic rings. The molecule has 3 N–H and O–H groups in total. The van der Waals surface area contributed by atoms with Crippen LogP contribution < -0.4 is 11.1 Å². The first kappa shape index (κ1) is 10.5. The van der Waals surface area contributed by atoms with E-state index in [4.69, 9.17) is 5.73 Å². The number of hydrogen-bond donors (Lipinski definition) is 2. The van der Waals surface area contributed by atoms with Gasteiger partial charge in [0.1, 0.15) is 5.54 Å². The van der Waals surface area contributed by atoms with Crippen molar-refractivity contribution in [2.24, 2.45) is 5.73 Å². The van der Waals surface area contributed by atoms with Crippen molar-refractivity contribution in [2.45, 2.75) is 56.1 Å². The molecule has 2 saturated heterocycles. The van der Waals surface area contributed by atoms with E-state index < -0.39 is 5.54 Å². The molecule has 2 heterocycles. The first-order valence-corrected chi connectivity index (χ1v) is 6.51. The fraction of sp³-hybridized carbons (Fsp3) is 0.917. The van der Waals surface area contributed by atoms with Crippen LogP contribution in [0, 0.1) is 0 Å². The van der Waals surface area contributed by atoms with Crippen LogP contribution in [0.25, 0.3) is 0 Å². The molecule has 2 unspecified atom stereocenters. The maximum Gasteiger partial charge on any atom is 0.237 e. The number of amides is 1. The van der Waals surface area contributed by atoms with E-state index in [-0.39, 0.29) is 5.91 Å². The summed E-state index contributed by atoms with van der Waals surface area (Å²) in [7, 11) is 0. The second-order valence-electron chi connectivity index (χ2n) is 5.65. The quantitative estimate of drug-likeness (QED) is 0.719. The number of fused-ring (bicyclic) bond motifs is 1. The summed E-state index contributed by atoms with van der Waals surface area (Å²) >= 11 is 0. The minimum atomic E-state index is -0.396. The predicted molar refractivity (Wildman–Crippen MR) is 61.9 cm³/mol. The molecule has 1 amide bonds. The topological polar surface area (TPSA) is 58.4 Å². The van der Waals surface area contributed by atoms with Crippen molar-refractivity contribution >= 4 is 5.91 Å². The number of nitrogens with zero attached hydrogens (tertiary/aromatic N) is 1. The number of piperidine rings is 1. The Bertz CT molecular complexity index is 303. The molecule has 0 spiro atoms. The van der Waals surface area contributed by atoms with Crippen molar-refractivity contribution in [3.05, 3.63) is 0 Å². The third kappa shape index (κ3) is 1.74. The number of carbonyl (C=O) groups is 1. The zero-order valence-electron chi connectivity index (χ0n) is 9.74. The van der Waals surface area contributed by atoms with E-state index in [2.05, 4.69) is 10.2 Å². The minimum Gasteiger partial charge on any atom is -0.368 e. The Morgan fingerprint density at radius 1 is 1.31 bits per heavy atom. The highest BCUT2D eigenvalue weighted by Gasteiger charge is 2.47. The van der Waals surface area contributed by atoms with Gasteiger partial charge in [0.2, 0.25) is 5.91 Å². The Morgan fingerprint density at radius 2 is 2.12 bits per heavy atom. The second-order valence-corrected chi connectivity index (χ2v) is 5.65. The Balaban J connectivity index is 1.75. The molecule has 2 atom stereocenters. The van der Waals surface area contributed by atoms with Gasteiger partial charge in [0.15, 0.2) is 0 Å². The monoisotopic (exact) mass is 223 g/mol. The highest BCUT2D eigenvalue weighted by Crippen LogP contribution is 2.35. The minimum absolute atomic E-state index is 0.133. The number of primary amides is 1. The van der Waals surface area contributed by atoms with Gasteiger partial charge in [-0.3, -0.25) is 4.79 Å². The molecule has 4 heteroatoms. The molecule has 2 aliphatic heterocycles. The lowest BCUT2D eigenvalue weighted by Crippen LogP contribution is -2.63. The molecule has 3 fully saturated rings. The fourth-order valence-electron chi connectivity index (χ4n) is 3.30. The van der Waals surface area contributed by atoms with Crippen molar-refractivity contribution in [3.8, 4) is 0 Å². The van der Waals surface area contributed by atoms with Crippen LogP contribution in [0.3, 0.4) is 0 Å². The summed E-state index contributed by atoms with van der Waals surface area (Å²) in [5.41, 5.74) is 5.24. The van der Waals surface area contributed by atoms with E-state index in [1.807, 2.05) is 0 Å². The molecule has 90 valence electrons. The summed E-state index contributed by atoms with van der Waals surface area (Å²) in [6.45, 7) is 2.25. The van der Waals surface area contributed by atoms with Crippen molar-refractivity contribution in [3.63, 3.8) is 0 Å². The molecule has 3 rings (SSSR count). The molecule has 0 radical (unpaired) electrons. The molecular formula is C12H21N3O. The second kappa shape index (κ2) is 3.70. The third-order valence-corrected chi connectivity index (χ3v) is 4.44. The number of nitrogens with one attached hydrogen (secondary N) is 1. The summed E-state index contributed by atoms with van der Waals surface area (Å²) in [5, 5.41) is 3.52. The molecule has 0 aromatic carbocycles. The van der Waals surface area contributed by atoms with Gasteiger partial charge in [-0.1, -0.05) is 0 Å². The van der Waals surface area contributed by atoms with Gasteiger partial charge in [0, 0.05) is 18.6 Å². The third-order valence-electron chi connectivity index (χ3n) is 4.44. The van der Waals surface area contributed by atoms with E-state index in [1.165, 1.54) is 32.2 Å². The standard InChI is InChI=1S/C12H21N3O/c13-11(16)12(14-9-3-4-9)5-7-15-6-1-2-10(15)8-12/h9-10,14H,1-8H2,(H2,13,16). The van der Waals surface area contributed by atoms with Gasteiger partial charge in [0.25, 0.3) is 0 Å². The lowest BCUT2D eigenvalue weighted by molar-refractivity contribution is -0.127. The summed E-state index contributed by atoms with van der Waals surface area (Å²) in [4.78, 5) is 14.3. The SMILES string of the molecule is NC(=O)C1(NC2CC2)CCN2CCCC2C1. The van der Waals surface area contributed by atoms with Crippen molar-refractivity contribution in [2.75, 3.05) is 13.1 Å². The average molecular weight is 223 g/mol. The Kier molecular flexibility index (Phi) is 2.44. The highest BCUT2D eigenvalue weighted by molar-refractivity contribution is 5.85. The maximum atomic E-state index is 11.8. The molecule has 4 nitrogen and oxygen atoms in total. The fourth-order valence-corrected chi connectivity index (χ4v) is 3.30. The first-order valence-electron chi connectivity index (χ1n) is 6.51. The zero-order chi connectivity index (χ0) is 11.2. The van der Waals surface area contributed by atoms with Crippen molar-refractivity contribution < 1.29 is 4.79 Å². The molecule has 1 saturated carbocycles. The van der Waals surface area contributed by atoms with Crippen LogP contribution in [0.15, 0.2) is 0 Å². The molecule has 0 aromatic heterocycles. The lowest BCUT2D eigenvalue weighted by Gasteiger charge is -2.42. The number of carbonyl (C=O) groups excluding carboxylic acids is 1. The summed E-state index contributed by atoms with van der Waals surface area (Å²) in [6.07, 6.45) is 6.77. The summed E-state index contributed by atoms with van der Waals surface area (Å²) < 4.78 is 0. The van der Waals surface area contributed by atoms with Gasteiger partial charge < -0.3 is 16.0 Å². The molecule has 16 heavy (non-hydrogen) atoms. The Hall–Kier alpha value is -0.610. The predicted octanol–water partition coefficient (Wildman–Crippen LogP) is 0.221. The highest BCUT2D eigenvalue weighted by atomic mass is 16.1. The van der Waals surface area contributed by atoms with Gasteiger partial charge in [-0.15, -0.1) is 0 Å². The Morgan fingerprint density at radius 3 is 2.81 bits per heavy atom. The Labute approximate surface area is 96.5 Å². The number of nitrogens with two attached hydrogens (primary N) is 1. The van der Waals surface area contributed by atoms with Gasteiger partial charge in [-0.05, 0) is 45.1 Å². The van der Waals surface area contributed by atoms with Crippen LogP contribution in [-0.4, -0.2) is 41.5 Å². The smallest absolute Gasteiger partial charge is 0.237 e. The molecule has 1 aliphatic carbocycles. The van der Waals surface area contributed by atoms with Crippen LogP contribution in [0.4, 0.5) is 0 Å². The van der Waals surface area contributed by atoms with Gasteiger partial charge in [-0.2, -0.15) is 0 Å². The van der Waals surface area contributed by atoms with Crippen LogP contribution in [0.1, 0.15) is 38.5 Å². The number of hydrogen-bond acceptors (Lipinski definition) is 3. The van der Waals surface area contributed by atoms with Gasteiger partial charge in [0.05, 0.1) is 0 Å².